The predicted molar refractivity (Wildman–Crippen MR) is 144 cm³/mol. The summed E-state index contributed by atoms with van der Waals surface area (Å²) >= 11 is 6.13. The van der Waals surface area contributed by atoms with Crippen molar-refractivity contribution in [1.82, 2.24) is 9.97 Å². The maximum atomic E-state index is 14.4. The molecular weight excluding hydrogens is 560 g/mol. The van der Waals surface area contributed by atoms with Gasteiger partial charge in [0.15, 0.2) is 0 Å². The van der Waals surface area contributed by atoms with Gasteiger partial charge in [0.1, 0.15) is 6.04 Å². The Morgan fingerprint density at radius 2 is 2.00 bits per heavy atom. The highest BCUT2D eigenvalue weighted by Crippen LogP contribution is 2.41. The fourth-order valence-corrected chi connectivity index (χ4v) is 4.84. The van der Waals surface area contributed by atoms with Crippen molar-refractivity contribution in [2.24, 2.45) is 11.7 Å². The largest absolute Gasteiger partial charge is 0.480 e. The lowest BCUT2D eigenvalue weighted by Gasteiger charge is -2.26. The molecule has 0 bridgehead atoms. The molecule has 212 valence electrons. The lowest BCUT2D eigenvalue weighted by Crippen LogP contribution is -2.32. The molecule has 3 unspecified atom stereocenters. The van der Waals surface area contributed by atoms with Gasteiger partial charge in [0.05, 0.1) is 18.9 Å². The third kappa shape index (κ3) is 7.84. The highest BCUT2D eigenvalue weighted by molar-refractivity contribution is 6.30. The third-order valence-electron chi connectivity index (χ3n) is 6.56. The van der Waals surface area contributed by atoms with Crippen LogP contribution in [0.2, 0.25) is 5.02 Å². The van der Waals surface area contributed by atoms with Gasteiger partial charge in [-0.25, -0.2) is 4.98 Å². The number of benzene rings is 1. The lowest BCUT2D eigenvalue weighted by atomic mass is 9.84. The van der Waals surface area contributed by atoms with Crippen LogP contribution < -0.4 is 16.2 Å². The number of hydrogen-bond donors (Lipinski definition) is 3. The molecular formula is C26H29Cl2F3N4O4. The van der Waals surface area contributed by atoms with E-state index in [1.54, 1.807) is 0 Å². The Morgan fingerprint density at radius 3 is 2.62 bits per heavy atom. The number of anilines is 1. The van der Waals surface area contributed by atoms with E-state index >= 15 is 0 Å². The molecule has 0 fully saturated rings. The molecule has 2 heterocycles. The first kappa shape index (κ1) is 30.7. The number of ether oxygens (including phenoxy) is 2. The number of carboxylic acid groups (broad SMARTS) is 1. The summed E-state index contributed by atoms with van der Waals surface area (Å²) in [6.45, 7) is 0.652. The molecule has 1 aliphatic heterocycles. The van der Waals surface area contributed by atoms with Crippen molar-refractivity contribution in [3.63, 3.8) is 0 Å². The van der Waals surface area contributed by atoms with Gasteiger partial charge in [-0.05, 0) is 66.9 Å². The van der Waals surface area contributed by atoms with E-state index in [1.165, 1.54) is 24.3 Å². The second-order valence-electron chi connectivity index (χ2n) is 9.34. The number of rotatable bonds is 8. The normalized spacial score (nSPS) is 19.3. The van der Waals surface area contributed by atoms with Gasteiger partial charge >= 0.3 is 12.1 Å². The summed E-state index contributed by atoms with van der Waals surface area (Å²) in [4.78, 5) is 19.1. The average molecular weight is 589 g/mol. The first-order chi connectivity index (χ1) is 18.0. The lowest BCUT2D eigenvalue weighted by molar-refractivity contribution is -0.198. The van der Waals surface area contributed by atoms with Gasteiger partial charge in [0.25, 0.3) is 0 Å². The summed E-state index contributed by atoms with van der Waals surface area (Å²) in [5.74, 6) is -1.52. The molecule has 2 aliphatic rings. The number of nitrogen functional groups attached to an aromatic ring is 1. The van der Waals surface area contributed by atoms with E-state index in [1.807, 2.05) is 12.2 Å². The zero-order valence-corrected chi connectivity index (χ0v) is 22.4. The molecule has 39 heavy (non-hydrogen) atoms. The van der Waals surface area contributed by atoms with Crippen molar-refractivity contribution in [3.8, 4) is 5.88 Å². The first-order valence-corrected chi connectivity index (χ1v) is 12.5. The van der Waals surface area contributed by atoms with E-state index in [2.05, 4.69) is 9.97 Å². The summed E-state index contributed by atoms with van der Waals surface area (Å²) in [5, 5.41) is 9.33. The van der Waals surface area contributed by atoms with Crippen LogP contribution in [0.25, 0.3) is 11.1 Å². The SMILES string of the molecule is Cl.Nc1nc(OC(c2ccc(Cl)cc2C2=CCCOC2)C(F)(F)F)cc(C2=CCC(CC(N)C(=O)O)CC2)n1. The van der Waals surface area contributed by atoms with Gasteiger partial charge in [0, 0.05) is 16.7 Å². The second-order valence-corrected chi connectivity index (χ2v) is 9.78. The highest BCUT2D eigenvalue weighted by atomic mass is 35.5. The third-order valence-corrected chi connectivity index (χ3v) is 6.80. The molecule has 4 rings (SSSR count). The molecule has 13 heteroatoms. The van der Waals surface area contributed by atoms with Crippen LogP contribution in [0, 0.1) is 5.92 Å². The second kappa shape index (κ2) is 13.0. The number of aliphatic carboxylic acids is 1. The molecule has 0 radical (unpaired) electrons. The van der Waals surface area contributed by atoms with Crippen LogP contribution in [0.3, 0.4) is 0 Å². The predicted octanol–water partition coefficient (Wildman–Crippen LogP) is 5.61. The van der Waals surface area contributed by atoms with E-state index in [0.29, 0.717) is 55.5 Å². The summed E-state index contributed by atoms with van der Waals surface area (Å²) in [7, 11) is 0. The number of allylic oxidation sites excluding steroid dienone is 2. The summed E-state index contributed by atoms with van der Waals surface area (Å²) in [5.41, 5.74) is 13.4. The zero-order valence-electron chi connectivity index (χ0n) is 20.8. The zero-order chi connectivity index (χ0) is 27.4. The number of carbonyl (C=O) groups is 1. The van der Waals surface area contributed by atoms with E-state index in [9.17, 15) is 18.0 Å². The minimum Gasteiger partial charge on any atom is -0.480 e. The van der Waals surface area contributed by atoms with Crippen molar-refractivity contribution in [1.29, 1.82) is 0 Å². The molecule has 2 aromatic rings. The van der Waals surface area contributed by atoms with Gasteiger partial charge in [-0.1, -0.05) is 29.8 Å². The minimum absolute atomic E-state index is 0. The van der Waals surface area contributed by atoms with Gasteiger partial charge < -0.3 is 26.0 Å². The maximum absolute atomic E-state index is 14.4. The Bertz CT molecular complexity index is 1260. The molecule has 1 aliphatic carbocycles. The van der Waals surface area contributed by atoms with E-state index in [-0.39, 0.29) is 47.3 Å². The number of hydrogen-bond acceptors (Lipinski definition) is 7. The van der Waals surface area contributed by atoms with Gasteiger partial charge in [-0.3, -0.25) is 4.79 Å². The average Bonchev–Trinajstić information content (AvgIpc) is 2.87. The Balaban J connectivity index is 0.00000420. The fraction of sp³-hybridized carbons (Fsp3) is 0.423. The van der Waals surface area contributed by atoms with Crippen molar-refractivity contribution < 1.29 is 32.5 Å². The highest BCUT2D eigenvalue weighted by Gasteiger charge is 2.45. The van der Waals surface area contributed by atoms with Crippen LogP contribution >= 0.6 is 24.0 Å². The monoisotopic (exact) mass is 588 g/mol. The summed E-state index contributed by atoms with van der Waals surface area (Å²) < 4.78 is 54.0. The summed E-state index contributed by atoms with van der Waals surface area (Å²) in [6.07, 6.45) is -0.760. The number of alkyl halides is 3. The standard InChI is InChI=1S/C26H28ClF3N4O4.ClH/c27-17-7-8-18(19(11-17)16-2-1-9-37-13-16)23(26(28,29)30)38-22-12-21(33-25(32)34-22)15-5-3-14(4-6-15)10-20(31)24(35)36;/h2,5,7-8,11-12,14,20,23H,1,3-4,6,9-10,13,31H2,(H,35,36)(H2,32,33,34);1H. The van der Waals surface area contributed by atoms with Gasteiger partial charge in [-0.2, -0.15) is 18.2 Å². The molecule has 0 saturated carbocycles. The van der Waals surface area contributed by atoms with Crippen LogP contribution in [0.15, 0.2) is 36.4 Å². The number of carboxylic acids is 1. The Labute approximate surface area is 234 Å². The maximum Gasteiger partial charge on any atom is 0.429 e. The number of aromatic nitrogens is 2. The number of nitrogens with zero attached hydrogens (tertiary/aromatic N) is 2. The van der Waals surface area contributed by atoms with Crippen molar-refractivity contribution in [2.45, 2.75) is 50.4 Å². The first-order valence-electron chi connectivity index (χ1n) is 12.1. The van der Waals surface area contributed by atoms with Crippen LogP contribution in [0.5, 0.6) is 5.88 Å². The molecule has 5 N–H and O–H groups in total. The quantitative estimate of drug-likeness (QED) is 0.362. The number of halogens is 5. The van der Waals surface area contributed by atoms with E-state index < -0.39 is 24.3 Å². The van der Waals surface area contributed by atoms with Crippen molar-refractivity contribution in [2.75, 3.05) is 18.9 Å². The Morgan fingerprint density at radius 1 is 1.23 bits per heavy atom. The van der Waals surface area contributed by atoms with E-state index in [0.717, 1.165) is 5.57 Å². The minimum atomic E-state index is -4.78. The molecule has 3 atom stereocenters. The van der Waals surface area contributed by atoms with Crippen LogP contribution in [-0.2, 0) is 9.53 Å². The number of nitrogens with two attached hydrogens (primary N) is 2. The van der Waals surface area contributed by atoms with Crippen LogP contribution in [0.1, 0.15) is 55.0 Å². The molecule has 0 spiro atoms. The summed E-state index contributed by atoms with van der Waals surface area (Å²) in [6, 6.07) is 4.54. The topological polar surface area (TPSA) is 134 Å². The molecule has 8 nitrogen and oxygen atoms in total. The van der Waals surface area contributed by atoms with Crippen LogP contribution in [0.4, 0.5) is 19.1 Å². The van der Waals surface area contributed by atoms with E-state index in [4.69, 9.17) is 37.6 Å². The van der Waals surface area contributed by atoms with Gasteiger partial charge in [-0.15, -0.1) is 12.4 Å². The fourth-order valence-electron chi connectivity index (χ4n) is 4.67. The molecule has 1 aromatic heterocycles. The molecule has 1 aromatic carbocycles. The molecule has 0 amide bonds. The smallest absolute Gasteiger partial charge is 0.429 e. The Kier molecular flexibility index (Phi) is 10.2. The Hall–Kier alpha value is -2.86. The van der Waals surface area contributed by atoms with Crippen LogP contribution in [-0.4, -0.2) is 46.5 Å². The van der Waals surface area contributed by atoms with Gasteiger partial charge in [0.2, 0.25) is 17.9 Å². The van der Waals surface area contributed by atoms with Crippen molar-refractivity contribution >= 4 is 47.1 Å². The molecule has 0 saturated heterocycles. The van der Waals surface area contributed by atoms with Crippen molar-refractivity contribution in [3.05, 3.63) is 58.3 Å².